The second kappa shape index (κ2) is 7.62. The first-order valence-electron chi connectivity index (χ1n) is 12.4. The van der Waals surface area contributed by atoms with Crippen LogP contribution in [0, 0.1) is 23.2 Å². The van der Waals surface area contributed by atoms with Crippen LogP contribution in [-0.4, -0.2) is 24.2 Å². The minimum atomic E-state index is -0.317. The maximum absolute atomic E-state index is 13.7. The Hall–Kier alpha value is -1.33. The molecule has 0 aromatic heterocycles. The van der Waals surface area contributed by atoms with Gasteiger partial charge in [-0.2, -0.15) is 0 Å². The highest BCUT2D eigenvalue weighted by atomic mass is 16.7. The van der Waals surface area contributed by atoms with Gasteiger partial charge in [-0.25, -0.2) is 0 Å². The normalized spacial score (nSPS) is 35.9. The summed E-state index contributed by atoms with van der Waals surface area (Å²) in [5.41, 5.74) is 0.425. The van der Waals surface area contributed by atoms with Crippen LogP contribution in [0.4, 0.5) is 0 Å². The fraction of sp³-hybridized carbons (Fsp3) is 0.731. The van der Waals surface area contributed by atoms with E-state index in [1.807, 2.05) is 6.07 Å². The molecule has 5 heteroatoms. The third kappa shape index (κ3) is 3.97. The fourth-order valence-corrected chi connectivity index (χ4v) is 7.09. The van der Waals surface area contributed by atoms with Gasteiger partial charge in [0, 0.05) is 5.41 Å². The van der Waals surface area contributed by atoms with E-state index in [9.17, 15) is 4.79 Å². The number of carbonyl (C=O) groups excluding carboxylic acids is 1. The molecule has 1 aliphatic heterocycles. The highest BCUT2D eigenvalue weighted by molar-refractivity contribution is 6.45. The molecule has 4 bridgehead atoms. The smallest absolute Gasteiger partial charge is 0.403 e. The standard InChI is InChI=1S/C26H38BNO3/c1-24(2)25(3,4)31-27(30-24)11-10-22(21-8-6-5-7-9-21)28-23(29)26-15-18-12-19(16-26)14-20(13-18)17-26/h5-9,18-20,22H,10-17H2,1-4H3,(H,28,29). The Bertz CT molecular complexity index is 770. The largest absolute Gasteiger partial charge is 0.457 e. The molecular formula is C26H38BNO3. The molecular weight excluding hydrogens is 385 g/mol. The lowest BCUT2D eigenvalue weighted by atomic mass is 9.49. The van der Waals surface area contributed by atoms with E-state index in [2.05, 4.69) is 57.3 Å². The maximum Gasteiger partial charge on any atom is 0.457 e. The number of carbonyl (C=O) groups is 1. The molecule has 5 fully saturated rings. The van der Waals surface area contributed by atoms with E-state index in [-0.39, 0.29) is 29.8 Å². The van der Waals surface area contributed by atoms with Gasteiger partial charge in [0.2, 0.25) is 5.91 Å². The lowest BCUT2D eigenvalue weighted by Crippen LogP contribution is -2.54. The number of hydrogen-bond donors (Lipinski definition) is 1. The number of hydrogen-bond acceptors (Lipinski definition) is 3. The predicted molar refractivity (Wildman–Crippen MR) is 123 cm³/mol. The molecule has 31 heavy (non-hydrogen) atoms. The van der Waals surface area contributed by atoms with E-state index < -0.39 is 0 Å². The van der Waals surface area contributed by atoms with Gasteiger partial charge in [-0.15, -0.1) is 0 Å². The average molecular weight is 423 g/mol. The van der Waals surface area contributed by atoms with Crippen LogP contribution in [0.3, 0.4) is 0 Å². The van der Waals surface area contributed by atoms with Crippen molar-refractivity contribution in [2.45, 2.75) is 96.2 Å². The Labute approximate surface area is 188 Å². The zero-order valence-electron chi connectivity index (χ0n) is 19.7. The van der Waals surface area contributed by atoms with Gasteiger partial charge in [-0.1, -0.05) is 30.3 Å². The topological polar surface area (TPSA) is 47.6 Å². The van der Waals surface area contributed by atoms with Crippen molar-refractivity contribution in [2.75, 3.05) is 0 Å². The van der Waals surface area contributed by atoms with Gasteiger partial charge in [0.05, 0.1) is 17.2 Å². The second-order valence-electron chi connectivity index (χ2n) is 11.9. The molecule has 5 aliphatic rings. The van der Waals surface area contributed by atoms with Crippen molar-refractivity contribution in [2.24, 2.45) is 23.2 Å². The van der Waals surface area contributed by atoms with Gasteiger partial charge >= 0.3 is 7.12 Å². The van der Waals surface area contributed by atoms with Crippen molar-refractivity contribution in [1.82, 2.24) is 5.32 Å². The SMILES string of the molecule is CC1(C)OB(CCC(NC(=O)C23CC4CC(CC(C4)C2)C3)c2ccccc2)OC1(C)C. The summed E-state index contributed by atoms with van der Waals surface area (Å²) in [4.78, 5) is 13.7. The fourth-order valence-electron chi connectivity index (χ4n) is 7.09. The minimum absolute atomic E-state index is 0.000675. The molecule has 4 saturated carbocycles. The van der Waals surface area contributed by atoms with Crippen molar-refractivity contribution >= 4 is 13.0 Å². The van der Waals surface area contributed by atoms with Crippen molar-refractivity contribution in [3.63, 3.8) is 0 Å². The molecule has 1 amide bonds. The van der Waals surface area contributed by atoms with Gasteiger partial charge in [0.15, 0.2) is 0 Å². The van der Waals surface area contributed by atoms with E-state index in [1.165, 1.54) is 24.8 Å². The number of rotatable bonds is 6. The summed E-state index contributed by atoms with van der Waals surface area (Å²) >= 11 is 0. The summed E-state index contributed by atoms with van der Waals surface area (Å²) in [5.74, 6) is 2.63. The molecule has 6 rings (SSSR count). The summed E-state index contributed by atoms with van der Waals surface area (Å²) in [5, 5.41) is 3.51. The molecule has 1 aromatic rings. The van der Waals surface area contributed by atoms with Crippen LogP contribution >= 0.6 is 0 Å². The predicted octanol–water partition coefficient (Wildman–Crippen LogP) is 5.54. The van der Waals surface area contributed by atoms with Crippen LogP contribution in [0.25, 0.3) is 0 Å². The summed E-state index contributed by atoms with van der Waals surface area (Å²) in [6.07, 6.45) is 8.97. The Morgan fingerprint density at radius 1 is 0.968 bits per heavy atom. The van der Waals surface area contributed by atoms with Crippen LogP contribution in [0.2, 0.25) is 6.32 Å². The summed E-state index contributed by atoms with van der Waals surface area (Å²) in [6.45, 7) is 8.38. The van der Waals surface area contributed by atoms with Crippen LogP contribution in [-0.2, 0) is 14.1 Å². The van der Waals surface area contributed by atoms with Crippen LogP contribution in [0.5, 0.6) is 0 Å². The zero-order valence-corrected chi connectivity index (χ0v) is 19.7. The molecule has 0 spiro atoms. The molecule has 1 N–H and O–H groups in total. The van der Waals surface area contributed by atoms with E-state index in [0.29, 0.717) is 5.91 Å². The highest BCUT2D eigenvalue weighted by Gasteiger charge is 2.55. The number of amides is 1. The summed E-state index contributed by atoms with van der Waals surface area (Å²) in [7, 11) is -0.229. The van der Waals surface area contributed by atoms with Crippen molar-refractivity contribution in [3.05, 3.63) is 35.9 Å². The summed E-state index contributed by atoms with van der Waals surface area (Å²) in [6, 6.07) is 10.4. The number of nitrogens with one attached hydrogen (secondary N) is 1. The van der Waals surface area contributed by atoms with Crippen molar-refractivity contribution in [3.8, 4) is 0 Å². The molecule has 4 aliphatic carbocycles. The van der Waals surface area contributed by atoms with Crippen molar-refractivity contribution in [1.29, 1.82) is 0 Å². The summed E-state index contributed by atoms with van der Waals surface area (Å²) < 4.78 is 12.4. The Morgan fingerprint density at radius 3 is 2.00 bits per heavy atom. The van der Waals surface area contributed by atoms with E-state index in [4.69, 9.17) is 9.31 Å². The second-order valence-corrected chi connectivity index (χ2v) is 11.9. The molecule has 168 valence electrons. The van der Waals surface area contributed by atoms with Crippen LogP contribution < -0.4 is 5.32 Å². The molecule has 1 atom stereocenters. The molecule has 1 heterocycles. The number of benzene rings is 1. The Morgan fingerprint density at radius 2 is 1.48 bits per heavy atom. The van der Waals surface area contributed by atoms with Gasteiger partial charge in [-0.3, -0.25) is 4.79 Å². The van der Waals surface area contributed by atoms with Crippen molar-refractivity contribution < 1.29 is 14.1 Å². The lowest BCUT2D eigenvalue weighted by molar-refractivity contribution is -0.147. The molecule has 1 unspecified atom stereocenters. The molecule has 1 saturated heterocycles. The Kier molecular flexibility index (Phi) is 5.29. The first kappa shape index (κ1) is 21.5. The maximum atomic E-state index is 13.7. The monoisotopic (exact) mass is 423 g/mol. The van der Waals surface area contributed by atoms with E-state index in [1.54, 1.807) is 0 Å². The van der Waals surface area contributed by atoms with E-state index in [0.717, 1.165) is 49.8 Å². The first-order chi connectivity index (χ1) is 14.7. The lowest BCUT2D eigenvalue weighted by Gasteiger charge is -2.55. The van der Waals surface area contributed by atoms with Gasteiger partial charge in [0.1, 0.15) is 0 Å². The van der Waals surface area contributed by atoms with Gasteiger partial charge in [0.25, 0.3) is 0 Å². The molecule has 1 aromatic carbocycles. The zero-order chi connectivity index (χ0) is 21.9. The Balaban J connectivity index is 1.29. The molecule has 0 radical (unpaired) electrons. The average Bonchev–Trinajstić information content (AvgIpc) is 2.91. The van der Waals surface area contributed by atoms with Crippen LogP contribution in [0.15, 0.2) is 30.3 Å². The van der Waals surface area contributed by atoms with Crippen LogP contribution in [0.1, 0.15) is 84.2 Å². The van der Waals surface area contributed by atoms with Gasteiger partial charge < -0.3 is 14.6 Å². The highest BCUT2D eigenvalue weighted by Crippen LogP contribution is 2.60. The molecule has 4 nitrogen and oxygen atoms in total. The minimum Gasteiger partial charge on any atom is -0.403 e. The quantitative estimate of drug-likeness (QED) is 0.611. The van der Waals surface area contributed by atoms with E-state index >= 15 is 0 Å². The third-order valence-electron chi connectivity index (χ3n) is 9.02. The first-order valence-corrected chi connectivity index (χ1v) is 12.4. The third-order valence-corrected chi connectivity index (χ3v) is 9.02. The van der Waals surface area contributed by atoms with Gasteiger partial charge in [-0.05, 0) is 102 Å².